The summed E-state index contributed by atoms with van der Waals surface area (Å²) in [4.78, 5) is 12.7. The van der Waals surface area contributed by atoms with E-state index in [4.69, 9.17) is 4.74 Å². The highest BCUT2D eigenvalue weighted by atomic mass is 35.5. The summed E-state index contributed by atoms with van der Waals surface area (Å²) in [5.74, 6) is -0.393. The molecule has 2 aliphatic rings. The Labute approximate surface area is 164 Å². The van der Waals surface area contributed by atoms with E-state index in [1.807, 2.05) is 18.2 Å². The summed E-state index contributed by atoms with van der Waals surface area (Å²) in [6, 6.07) is 13.7. The average Bonchev–Trinajstić information content (AvgIpc) is 3.04. The lowest BCUT2D eigenvalue weighted by Gasteiger charge is -2.32. The van der Waals surface area contributed by atoms with Crippen molar-refractivity contribution in [1.82, 2.24) is 10.6 Å². The number of benzene rings is 2. The maximum absolute atomic E-state index is 13.5. The molecule has 144 valence electrons. The Kier molecular flexibility index (Phi) is 6.15. The minimum absolute atomic E-state index is 0. The van der Waals surface area contributed by atoms with Crippen molar-refractivity contribution < 1.29 is 13.9 Å². The predicted molar refractivity (Wildman–Crippen MR) is 106 cm³/mol. The molecule has 4 nitrogen and oxygen atoms in total. The second-order valence-electron chi connectivity index (χ2n) is 7.21. The van der Waals surface area contributed by atoms with Gasteiger partial charge < -0.3 is 15.4 Å². The summed E-state index contributed by atoms with van der Waals surface area (Å²) in [6.07, 6.45) is 2.85. The number of rotatable bonds is 3. The summed E-state index contributed by atoms with van der Waals surface area (Å²) < 4.78 is 19.5. The molecule has 2 N–H and O–H groups in total. The molecule has 2 aliphatic heterocycles. The summed E-state index contributed by atoms with van der Waals surface area (Å²) in [5.41, 5.74) is 2.09. The van der Waals surface area contributed by atoms with Crippen molar-refractivity contribution in [3.8, 4) is 11.1 Å². The van der Waals surface area contributed by atoms with Gasteiger partial charge >= 0.3 is 0 Å². The van der Waals surface area contributed by atoms with E-state index >= 15 is 0 Å². The number of halogens is 2. The number of hydrogen-bond acceptors (Lipinski definition) is 3. The Morgan fingerprint density at radius 3 is 2.56 bits per heavy atom. The van der Waals surface area contributed by atoms with Gasteiger partial charge in [0.1, 0.15) is 5.82 Å². The fourth-order valence-corrected chi connectivity index (χ4v) is 3.94. The minimum atomic E-state index is -0.285. The van der Waals surface area contributed by atoms with E-state index in [0.29, 0.717) is 12.2 Å². The summed E-state index contributed by atoms with van der Waals surface area (Å²) in [5, 5.41) is 6.45. The molecule has 0 radical (unpaired) electrons. The number of ether oxygens (including phenoxy) is 1. The second-order valence-corrected chi connectivity index (χ2v) is 7.21. The third-order valence-corrected chi connectivity index (χ3v) is 5.34. The maximum Gasteiger partial charge on any atom is 0.251 e. The van der Waals surface area contributed by atoms with Crippen LogP contribution in [0, 0.1) is 5.82 Å². The Balaban J connectivity index is 0.00000210. The number of carbonyl (C=O) groups is 1. The van der Waals surface area contributed by atoms with Crippen LogP contribution in [0.1, 0.15) is 29.6 Å². The fourth-order valence-electron chi connectivity index (χ4n) is 3.94. The largest absolute Gasteiger partial charge is 0.373 e. The minimum Gasteiger partial charge on any atom is -0.373 e. The highest BCUT2D eigenvalue weighted by molar-refractivity contribution is 5.95. The Bertz CT molecular complexity index is 808. The first-order valence-corrected chi connectivity index (χ1v) is 9.15. The maximum atomic E-state index is 13.5. The normalized spacial score (nSPS) is 20.9. The van der Waals surface area contributed by atoms with Crippen LogP contribution in [-0.4, -0.2) is 37.2 Å². The standard InChI is InChI=1S/C21H23FN2O2.ClH/c22-18-6-2-4-16(12-18)15-3-1-5-17(11-15)20(25)24-19-13-21(26-14-19)7-9-23-10-8-21;/h1-6,11-12,19,23H,7-10,13-14H2,(H,24,25);1H. The van der Waals surface area contributed by atoms with Crippen LogP contribution in [0.4, 0.5) is 4.39 Å². The van der Waals surface area contributed by atoms with Crippen molar-refractivity contribution in [2.24, 2.45) is 0 Å². The lowest BCUT2D eigenvalue weighted by Crippen LogP contribution is -2.43. The molecule has 2 fully saturated rings. The third kappa shape index (κ3) is 4.49. The SMILES string of the molecule is Cl.O=C(NC1COC2(CCNCC2)C1)c1cccc(-c2cccc(F)c2)c1. The highest BCUT2D eigenvalue weighted by Crippen LogP contribution is 2.34. The molecular formula is C21H24ClFN2O2. The van der Waals surface area contributed by atoms with Crippen molar-refractivity contribution in [1.29, 1.82) is 0 Å². The van der Waals surface area contributed by atoms with Crippen LogP contribution in [0.2, 0.25) is 0 Å². The van der Waals surface area contributed by atoms with Gasteiger partial charge in [-0.1, -0.05) is 24.3 Å². The van der Waals surface area contributed by atoms with Crippen molar-refractivity contribution in [3.63, 3.8) is 0 Å². The quantitative estimate of drug-likeness (QED) is 0.842. The zero-order chi connectivity index (χ0) is 18.0. The topological polar surface area (TPSA) is 50.4 Å². The molecule has 27 heavy (non-hydrogen) atoms. The molecule has 0 aromatic heterocycles. The Morgan fingerprint density at radius 2 is 1.81 bits per heavy atom. The van der Waals surface area contributed by atoms with Crippen molar-refractivity contribution in [2.45, 2.75) is 30.9 Å². The Hall–Kier alpha value is -1.95. The predicted octanol–water partition coefficient (Wildman–Crippen LogP) is 3.56. The molecule has 0 saturated carbocycles. The van der Waals surface area contributed by atoms with Crippen molar-refractivity contribution >= 4 is 18.3 Å². The zero-order valence-corrected chi connectivity index (χ0v) is 15.9. The van der Waals surface area contributed by atoms with E-state index in [1.165, 1.54) is 12.1 Å². The average molecular weight is 391 g/mol. The third-order valence-electron chi connectivity index (χ3n) is 5.34. The van der Waals surface area contributed by atoms with Crippen LogP contribution in [0.5, 0.6) is 0 Å². The molecule has 0 bridgehead atoms. The van der Waals surface area contributed by atoms with Crippen molar-refractivity contribution in [3.05, 3.63) is 59.9 Å². The first-order valence-electron chi connectivity index (χ1n) is 9.15. The number of nitrogens with one attached hydrogen (secondary N) is 2. The van der Waals surface area contributed by atoms with Gasteiger partial charge in [-0.25, -0.2) is 4.39 Å². The number of piperidine rings is 1. The number of carbonyl (C=O) groups excluding carboxylic acids is 1. The molecule has 1 unspecified atom stereocenters. The van der Waals surface area contributed by atoms with Gasteiger partial charge in [-0.2, -0.15) is 0 Å². The smallest absolute Gasteiger partial charge is 0.251 e. The van der Waals surface area contributed by atoms with Gasteiger partial charge in [0.15, 0.2) is 0 Å². The molecule has 2 aromatic rings. The fraction of sp³-hybridized carbons (Fsp3) is 0.381. The molecule has 1 spiro atoms. The zero-order valence-electron chi connectivity index (χ0n) is 15.0. The van der Waals surface area contributed by atoms with Gasteiger partial charge in [0.25, 0.3) is 5.91 Å². The highest BCUT2D eigenvalue weighted by Gasteiger charge is 2.41. The number of hydrogen-bond donors (Lipinski definition) is 2. The van der Waals surface area contributed by atoms with Gasteiger partial charge in [0.2, 0.25) is 0 Å². The number of amides is 1. The van der Waals surface area contributed by atoms with E-state index < -0.39 is 0 Å². The molecule has 1 atom stereocenters. The van der Waals surface area contributed by atoms with Gasteiger partial charge in [-0.15, -0.1) is 12.4 Å². The molecule has 2 saturated heterocycles. The van der Waals surface area contributed by atoms with Crippen molar-refractivity contribution in [2.75, 3.05) is 19.7 Å². The van der Waals surface area contributed by atoms with Gasteiger partial charge in [0.05, 0.1) is 18.2 Å². The first-order chi connectivity index (χ1) is 12.6. The van der Waals surface area contributed by atoms with Crippen LogP contribution >= 0.6 is 12.4 Å². The van der Waals surface area contributed by atoms with Gasteiger partial charge in [-0.05, 0) is 67.7 Å². The molecule has 6 heteroatoms. The first kappa shape index (κ1) is 19.8. The van der Waals surface area contributed by atoms with Gasteiger partial charge in [0, 0.05) is 5.56 Å². The van der Waals surface area contributed by atoms with Gasteiger partial charge in [-0.3, -0.25) is 4.79 Å². The Morgan fingerprint density at radius 1 is 1.11 bits per heavy atom. The van der Waals surface area contributed by atoms with E-state index in [0.717, 1.165) is 43.5 Å². The summed E-state index contributed by atoms with van der Waals surface area (Å²) in [7, 11) is 0. The molecular weight excluding hydrogens is 367 g/mol. The summed E-state index contributed by atoms with van der Waals surface area (Å²) in [6.45, 7) is 2.50. The monoisotopic (exact) mass is 390 g/mol. The molecule has 2 heterocycles. The van der Waals surface area contributed by atoms with E-state index in [-0.39, 0.29) is 35.8 Å². The van der Waals surface area contributed by atoms with Crippen LogP contribution in [0.25, 0.3) is 11.1 Å². The van der Waals surface area contributed by atoms with E-state index in [1.54, 1.807) is 18.2 Å². The van der Waals surface area contributed by atoms with Crippen LogP contribution in [0.3, 0.4) is 0 Å². The lowest BCUT2D eigenvalue weighted by molar-refractivity contribution is -0.0194. The molecule has 0 aliphatic carbocycles. The molecule has 2 aromatic carbocycles. The summed E-state index contributed by atoms with van der Waals surface area (Å²) >= 11 is 0. The van der Waals surface area contributed by atoms with E-state index in [9.17, 15) is 9.18 Å². The van der Waals surface area contributed by atoms with Crippen LogP contribution in [0.15, 0.2) is 48.5 Å². The molecule has 1 amide bonds. The molecule has 4 rings (SSSR count). The lowest BCUT2D eigenvalue weighted by atomic mass is 9.88. The van der Waals surface area contributed by atoms with Crippen LogP contribution in [-0.2, 0) is 4.74 Å². The van der Waals surface area contributed by atoms with E-state index in [2.05, 4.69) is 10.6 Å². The second kappa shape index (κ2) is 8.38. The van der Waals surface area contributed by atoms with Crippen LogP contribution < -0.4 is 10.6 Å².